The zero-order chi connectivity index (χ0) is 57.5. The summed E-state index contributed by atoms with van der Waals surface area (Å²) in [5, 5.41) is 57.0. The van der Waals surface area contributed by atoms with Crippen LogP contribution in [0.5, 0.6) is 0 Å². The van der Waals surface area contributed by atoms with Gasteiger partial charge in [-0.05, 0) is 96.3 Å². The molecule has 8 unspecified atom stereocenters. The number of allylic oxidation sites excluding steroid dienone is 11. The molecule has 0 saturated carbocycles. The summed E-state index contributed by atoms with van der Waals surface area (Å²) in [5.74, 6) is -1.20. The highest BCUT2D eigenvalue weighted by Crippen LogP contribution is 2.26. The van der Waals surface area contributed by atoms with Gasteiger partial charge in [-0.25, -0.2) is 0 Å². The molecule has 0 radical (unpaired) electrons. The van der Waals surface area contributed by atoms with Gasteiger partial charge in [-0.15, -0.1) is 0 Å². The molecule has 1 aliphatic heterocycles. The Hall–Kier alpha value is -2.90. The first kappa shape index (κ1) is 74.1. The number of nitrogens with one attached hydrogen (secondary N) is 1. The highest BCUT2D eigenvalue weighted by molar-refractivity contribution is 5.80. The summed E-state index contributed by atoms with van der Waals surface area (Å²) >= 11 is 0. The van der Waals surface area contributed by atoms with Crippen LogP contribution in [0.25, 0.3) is 0 Å². The smallest absolute Gasteiger partial charge is 0.306 e. The van der Waals surface area contributed by atoms with E-state index in [2.05, 4.69) is 86.8 Å². The monoisotopic (exact) mass is 1110 g/mol. The fourth-order valence-electron chi connectivity index (χ4n) is 9.86. The van der Waals surface area contributed by atoms with Crippen molar-refractivity contribution in [3.63, 3.8) is 0 Å². The van der Waals surface area contributed by atoms with Crippen LogP contribution in [0.4, 0.5) is 0 Å². The third kappa shape index (κ3) is 43.5. The van der Waals surface area contributed by atoms with E-state index in [0.29, 0.717) is 12.8 Å². The van der Waals surface area contributed by atoms with Gasteiger partial charge in [-0.2, -0.15) is 0 Å². The van der Waals surface area contributed by atoms with Gasteiger partial charge in [0.1, 0.15) is 24.4 Å². The lowest BCUT2D eigenvalue weighted by Crippen LogP contribution is -2.61. The predicted molar refractivity (Wildman–Crippen MR) is 329 cm³/mol. The lowest BCUT2D eigenvalue weighted by molar-refractivity contribution is -0.305. The molecule has 1 heterocycles. The molecule has 1 saturated heterocycles. The summed E-state index contributed by atoms with van der Waals surface area (Å²) in [7, 11) is 0. The number of aliphatic hydroxyl groups is 5. The number of rotatable bonds is 55. The molecule has 8 atom stereocenters. The summed E-state index contributed by atoms with van der Waals surface area (Å²) in [6.07, 6.45) is 60.8. The normalized spacial score (nSPS) is 19.3. The summed E-state index contributed by atoms with van der Waals surface area (Å²) in [6, 6.07) is -1.03. The predicted octanol–water partition coefficient (Wildman–Crippen LogP) is 16.0. The lowest BCUT2D eigenvalue weighted by Gasteiger charge is -2.41. The molecule has 79 heavy (non-hydrogen) atoms. The average Bonchev–Trinajstić information content (AvgIpc) is 3.44. The van der Waals surface area contributed by atoms with Crippen molar-refractivity contribution in [2.75, 3.05) is 13.2 Å². The Balaban J connectivity index is 2.62. The number of carbonyl (C=O) groups is 2. The van der Waals surface area contributed by atoms with Gasteiger partial charge in [0.2, 0.25) is 5.91 Å². The minimum absolute atomic E-state index is 0.116. The van der Waals surface area contributed by atoms with Crippen LogP contribution in [0.1, 0.15) is 284 Å². The Bertz CT molecular complexity index is 1560. The van der Waals surface area contributed by atoms with E-state index in [-0.39, 0.29) is 19.4 Å². The third-order valence-electron chi connectivity index (χ3n) is 15.1. The Kier molecular flexibility index (Phi) is 52.2. The van der Waals surface area contributed by atoms with Crippen molar-refractivity contribution in [1.82, 2.24) is 5.32 Å². The average molecular weight is 1110 g/mol. The molecule has 1 aliphatic rings. The number of hydrogen-bond acceptors (Lipinski definition) is 10. The minimum Gasteiger partial charge on any atom is -0.454 e. The maximum absolute atomic E-state index is 13.4. The summed E-state index contributed by atoms with van der Waals surface area (Å²) in [6.45, 7) is 5.74. The van der Waals surface area contributed by atoms with Crippen LogP contribution in [0, 0.1) is 0 Å². The van der Waals surface area contributed by atoms with Gasteiger partial charge < -0.3 is 45.1 Å². The van der Waals surface area contributed by atoms with E-state index in [1.165, 1.54) is 141 Å². The van der Waals surface area contributed by atoms with Gasteiger partial charge in [-0.3, -0.25) is 9.59 Å². The van der Waals surface area contributed by atoms with Gasteiger partial charge in [0.25, 0.3) is 0 Å². The van der Waals surface area contributed by atoms with Gasteiger partial charge in [0.05, 0.1) is 25.4 Å². The first-order valence-corrected chi connectivity index (χ1v) is 32.7. The molecule has 0 aromatic heterocycles. The van der Waals surface area contributed by atoms with Crippen LogP contribution in [0.3, 0.4) is 0 Å². The largest absolute Gasteiger partial charge is 0.454 e. The Labute approximate surface area is 483 Å². The number of esters is 1. The Morgan fingerprint density at radius 3 is 1.35 bits per heavy atom. The van der Waals surface area contributed by atoms with E-state index in [4.69, 9.17) is 14.2 Å². The lowest BCUT2D eigenvalue weighted by atomic mass is 9.99. The zero-order valence-corrected chi connectivity index (χ0v) is 50.7. The van der Waals surface area contributed by atoms with Crippen molar-refractivity contribution < 1.29 is 49.3 Å². The maximum Gasteiger partial charge on any atom is 0.306 e. The van der Waals surface area contributed by atoms with Gasteiger partial charge in [0.15, 0.2) is 12.4 Å². The molecular formula is C68H121NO10. The molecule has 0 aliphatic carbocycles. The standard InChI is InChI=1S/C68H121NO10/c1-4-7-10-13-16-19-22-24-26-27-28-29-30-31-32-33-34-36-37-40-43-46-49-52-55-61(72)67(76)69-59(60(71)54-51-48-45-42-39-21-18-15-12-9-6-3)58-77-68-66(65(75)64(74)62(57-70)78-68)79-63(73)56-53-50-47-44-41-38-35-25-23-20-17-14-11-8-5-2/h16,19-20,23-24,26,28-29,31-32,51,54,59-62,64-66,68,70-72,74-75H,4-15,17-18,21-22,25,27,30,33-50,52-53,55-58H2,1-3H3,(H,69,76)/b19-16-,23-20-,26-24-,29-28-,32-31-,54-51+. The van der Waals surface area contributed by atoms with Crippen molar-refractivity contribution in [3.8, 4) is 0 Å². The van der Waals surface area contributed by atoms with E-state index in [1.807, 2.05) is 6.08 Å². The molecule has 1 rings (SSSR count). The van der Waals surface area contributed by atoms with E-state index < -0.39 is 67.4 Å². The number of hydrogen-bond donors (Lipinski definition) is 6. The third-order valence-corrected chi connectivity index (χ3v) is 15.1. The Morgan fingerprint density at radius 2 is 0.873 bits per heavy atom. The van der Waals surface area contributed by atoms with Crippen molar-refractivity contribution in [1.29, 1.82) is 0 Å². The van der Waals surface area contributed by atoms with E-state index in [1.54, 1.807) is 6.08 Å². The van der Waals surface area contributed by atoms with Crippen molar-refractivity contribution in [3.05, 3.63) is 72.9 Å². The Morgan fingerprint density at radius 1 is 0.494 bits per heavy atom. The van der Waals surface area contributed by atoms with E-state index in [0.717, 1.165) is 96.3 Å². The molecule has 11 nitrogen and oxygen atoms in total. The molecule has 1 amide bonds. The number of ether oxygens (including phenoxy) is 3. The SMILES string of the molecule is CCCCC/C=C\C/C=C\C/C=C\C/C=C\CCCCCCCCCCC(O)C(=O)NC(COC1OC(CO)C(O)C(O)C1OC(=O)CCCCCCCCC/C=C\CCCCCC)C(O)/C=C/CCCCCCCCCCC. The fourth-order valence-corrected chi connectivity index (χ4v) is 9.86. The summed E-state index contributed by atoms with van der Waals surface area (Å²) < 4.78 is 17.6. The van der Waals surface area contributed by atoms with Crippen LogP contribution in [0.15, 0.2) is 72.9 Å². The number of aliphatic hydroxyl groups excluding tert-OH is 5. The number of unbranched alkanes of at least 4 members (excludes halogenated alkanes) is 31. The van der Waals surface area contributed by atoms with Crippen LogP contribution >= 0.6 is 0 Å². The highest BCUT2D eigenvalue weighted by Gasteiger charge is 2.47. The molecule has 6 N–H and O–H groups in total. The zero-order valence-electron chi connectivity index (χ0n) is 50.7. The highest BCUT2D eigenvalue weighted by atomic mass is 16.7. The second kappa shape index (κ2) is 55.6. The molecule has 0 bridgehead atoms. The van der Waals surface area contributed by atoms with Gasteiger partial charge in [-0.1, -0.05) is 254 Å². The molecule has 1 fully saturated rings. The maximum atomic E-state index is 13.4. The van der Waals surface area contributed by atoms with Crippen LogP contribution in [-0.2, 0) is 23.8 Å². The minimum atomic E-state index is -1.62. The van der Waals surface area contributed by atoms with Gasteiger partial charge in [0, 0.05) is 6.42 Å². The molecule has 11 heteroatoms. The van der Waals surface area contributed by atoms with Crippen LogP contribution in [-0.4, -0.2) is 99.6 Å². The van der Waals surface area contributed by atoms with Crippen LogP contribution in [0.2, 0.25) is 0 Å². The van der Waals surface area contributed by atoms with E-state index >= 15 is 0 Å². The molecule has 0 aromatic carbocycles. The first-order chi connectivity index (χ1) is 38.7. The fraction of sp³-hybridized carbons (Fsp3) is 0.794. The van der Waals surface area contributed by atoms with Crippen molar-refractivity contribution >= 4 is 11.9 Å². The number of amides is 1. The summed E-state index contributed by atoms with van der Waals surface area (Å²) in [5.41, 5.74) is 0. The van der Waals surface area contributed by atoms with Crippen molar-refractivity contribution in [2.45, 2.75) is 333 Å². The van der Waals surface area contributed by atoms with Crippen LogP contribution < -0.4 is 5.32 Å². The topological polar surface area (TPSA) is 175 Å². The molecule has 0 aromatic rings. The summed E-state index contributed by atoms with van der Waals surface area (Å²) in [4.78, 5) is 26.6. The number of carbonyl (C=O) groups excluding carboxylic acids is 2. The first-order valence-electron chi connectivity index (χ1n) is 32.7. The molecule has 0 spiro atoms. The van der Waals surface area contributed by atoms with Gasteiger partial charge >= 0.3 is 5.97 Å². The van der Waals surface area contributed by atoms with E-state index in [9.17, 15) is 35.1 Å². The van der Waals surface area contributed by atoms with Crippen molar-refractivity contribution in [2.24, 2.45) is 0 Å². The quantitative estimate of drug-likeness (QED) is 0.0195. The molecular weight excluding hydrogens is 991 g/mol. The molecule has 458 valence electrons. The second-order valence-electron chi connectivity index (χ2n) is 22.5. The second-order valence-corrected chi connectivity index (χ2v) is 22.5.